The largest absolute Gasteiger partial charge is 0.480 e. The lowest BCUT2D eigenvalue weighted by Gasteiger charge is -2.16. The van der Waals surface area contributed by atoms with Gasteiger partial charge in [0.15, 0.2) is 17.7 Å². The second-order valence-electron chi connectivity index (χ2n) is 6.51. The summed E-state index contributed by atoms with van der Waals surface area (Å²) in [5, 5.41) is 29.7. The molecule has 27 heavy (non-hydrogen) atoms. The van der Waals surface area contributed by atoms with E-state index < -0.39 is 36.6 Å². The van der Waals surface area contributed by atoms with Gasteiger partial charge in [0, 0.05) is 6.42 Å². The highest BCUT2D eigenvalue weighted by molar-refractivity contribution is 7.96. The Kier molecular flexibility index (Phi) is 5.81. The molecule has 12 heteroatoms. The molecule has 0 radical (unpaired) electrons. The highest BCUT2D eigenvalue weighted by Gasteiger charge is 2.46. The van der Waals surface area contributed by atoms with Crippen molar-refractivity contribution in [3.8, 4) is 0 Å². The Morgan fingerprint density at radius 1 is 1.37 bits per heavy atom. The Morgan fingerprint density at radius 2 is 2.11 bits per heavy atom. The molecule has 1 fully saturated rings. The lowest BCUT2D eigenvalue weighted by molar-refractivity contribution is -0.138. The second kappa shape index (κ2) is 7.94. The maximum atomic E-state index is 10.8. The number of nitrogens with two attached hydrogens (primary N) is 2. The summed E-state index contributed by atoms with van der Waals surface area (Å²) in [6.45, 7) is 0. The second-order valence-corrected chi connectivity index (χ2v) is 8.82. The molecular formula is C15H23N6O5S+. The predicted octanol–water partition coefficient (Wildman–Crippen LogP) is -1.92. The van der Waals surface area contributed by atoms with Crippen molar-refractivity contribution in [2.75, 3.05) is 23.5 Å². The molecular weight excluding hydrogens is 381 g/mol. The fraction of sp³-hybridized carbons (Fsp3) is 0.600. The molecule has 7 N–H and O–H groups in total. The molecule has 0 aliphatic carbocycles. The molecule has 0 spiro atoms. The van der Waals surface area contributed by atoms with Crippen LogP contribution in [-0.2, 0) is 20.4 Å². The molecule has 0 bridgehead atoms. The standard InChI is InChI=1S/C15H22N6O5S/c1-27(3-2-7(16)15(24)25)4-8-10(22)11(23)14(26-8)21-6-20-9-12(17)18-5-19-13(9)21/h5-8,10-11,14,22-23H,2-4,16H2,1H3,(H2-,17,18,19,24,25)/p+1/t7-,8+,10+,11+,14+,27?/m0/s1/i4+1,8+1,10+1,11+1,14+1. The molecule has 0 aromatic carbocycles. The van der Waals surface area contributed by atoms with Crippen molar-refractivity contribution in [3.05, 3.63) is 12.7 Å². The number of anilines is 1. The Hall–Kier alpha value is -1.99. The predicted molar refractivity (Wildman–Crippen MR) is 98.9 cm³/mol. The van der Waals surface area contributed by atoms with Crippen LogP contribution < -0.4 is 11.5 Å². The molecule has 11 nitrogen and oxygen atoms in total. The molecule has 3 rings (SSSR count). The van der Waals surface area contributed by atoms with Crippen molar-refractivity contribution in [1.82, 2.24) is 19.5 Å². The van der Waals surface area contributed by atoms with Crippen LogP contribution in [0, 0.1) is 0 Å². The van der Waals surface area contributed by atoms with Crippen LogP contribution in [0.4, 0.5) is 5.82 Å². The summed E-state index contributed by atoms with van der Waals surface area (Å²) in [5.74, 6) is 0.254. The van der Waals surface area contributed by atoms with E-state index in [-0.39, 0.29) is 16.7 Å². The Morgan fingerprint density at radius 3 is 2.81 bits per heavy atom. The van der Waals surface area contributed by atoms with E-state index in [2.05, 4.69) is 15.0 Å². The number of carbonyl (C=O) groups is 1. The Labute approximate surface area is 157 Å². The smallest absolute Gasteiger partial charge is 0.320 e. The number of hydrogen-bond donors (Lipinski definition) is 5. The molecule has 2 aromatic heterocycles. The van der Waals surface area contributed by atoms with Crippen LogP contribution in [0.15, 0.2) is 12.7 Å². The van der Waals surface area contributed by atoms with E-state index in [4.69, 9.17) is 21.3 Å². The maximum absolute atomic E-state index is 10.8. The van der Waals surface area contributed by atoms with Gasteiger partial charge in [-0.2, -0.15) is 0 Å². The number of aromatic nitrogens is 4. The van der Waals surface area contributed by atoms with Crippen LogP contribution in [0.25, 0.3) is 11.2 Å². The summed E-state index contributed by atoms with van der Waals surface area (Å²) < 4.78 is 7.41. The molecule has 148 valence electrons. The average Bonchev–Trinajstić information content (AvgIpc) is 3.17. The molecule has 1 aliphatic heterocycles. The van der Waals surface area contributed by atoms with Gasteiger partial charge >= 0.3 is 5.97 Å². The molecule has 1 unspecified atom stereocenters. The fourth-order valence-corrected chi connectivity index (χ4v) is 4.63. The average molecular weight is 404 g/mol. The number of carboxylic acids is 1. The van der Waals surface area contributed by atoms with Crippen molar-refractivity contribution in [1.29, 1.82) is 0 Å². The van der Waals surface area contributed by atoms with Crippen molar-refractivity contribution in [2.24, 2.45) is 5.73 Å². The van der Waals surface area contributed by atoms with E-state index in [0.717, 1.165) is 0 Å². The fourth-order valence-electron chi connectivity index (χ4n) is 2.97. The van der Waals surface area contributed by atoms with Crippen LogP contribution in [0.2, 0.25) is 0 Å². The van der Waals surface area contributed by atoms with E-state index in [1.54, 1.807) is 0 Å². The van der Waals surface area contributed by atoms with E-state index in [1.807, 2.05) is 6.26 Å². The molecule has 1 aliphatic rings. The Bertz CT molecular complexity index is 819. The first-order valence-corrected chi connectivity index (χ1v) is 10.3. The van der Waals surface area contributed by atoms with Crippen LogP contribution in [0.5, 0.6) is 0 Å². The third-order valence-corrected chi connectivity index (χ3v) is 6.37. The first-order chi connectivity index (χ1) is 12.8. The number of aliphatic carboxylic acids is 1. The van der Waals surface area contributed by atoms with Gasteiger partial charge in [0.2, 0.25) is 0 Å². The summed E-state index contributed by atoms with van der Waals surface area (Å²) in [5.41, 5.74) is 12.1. The SMILES string of the molecule is C[S+](CC[C@H](N)C(=O)O)[13CH2][13C@H]1O[13C@@H](n2cnc3c(N)ncnc32)[13C@H](O)[13C@@H]1O. The van der Waals surface area contributed by atoms with E-state index in [0.29, 0.717) is 29.1 Å². The van der Waals surface area contributed by atoms with Crippen molar-refractivity contribution in [3.63, 3.8) is 0 Å². The van der Waals surface area contributed by atoms with Gasteiger partial charge in [-0.05, 0) is 10.9 Å². The van der Waals surface area contributed by atoms with Gasteiger partial charge in [-0.25, -0.2) is 15.0 Å². The monoisotopic (exact) mass is 404 g/mol. The number of imidazole rings is 1. The van der Waals surface area contributed by atoms with Gasteiger partial charge in [-0.15, -0.1) is 0 Å². The van der Waals surface area contributed by atoms with Crippen molar-refractivity contribution < 1.29 is 24.9 Å². The van der Waals surface area contributed by atoms with Gasteiger partial charge in [0.25, 0.3) is 0 Å². The molecule has 6 atom stereocenters. The maximum Gasteiger partial charge on any atom is 0.320 e. The van der Waals surface area contributed by atoms with E-state index in [1.165, 1.54) is 17.2 Å². The van der Waals surface area contributed by atoms with E-state index >= 15 is 0 Å². The Balaban J connectivity index is 1.68. The van der Waals surface area contributed by atoms with Crippen LogP contribution in [-0.4, -0.2) is 82.9 Å². The minimum absolute atomic E-state index is 0.216. The zero-order valence-electron chi connectivity index (χ0n) is 14.7. The third-order valence-electron chi connectivity index (χ3n) is 4.54. The summed E-state index contributed by atoms with van der Waals surface area (Å²) in [6, 6.07) is -0.907. The van der Waals surface area contributed by atoms with Crippen LogP contribution in [0.1, 0.15) is 12.6 Å². The number of carboxylic acid groups (broad SMARTS) is 1. The van der Waals surface area contributed by atoms with E-state index in [9.17, 15) is 15.0 Å². The molecule has 3 heterocycles. The molecule has 0 amide bonds. The number of hydrogen-bond acceptors (Lipinski definition) is 9. The third kappa shape index (κ3) is 3.99. The molecule has 1 saturated heterocycles. The number of rotatable bonds is 7. The number of nitrogen functional groups attached to an aromatic ring is 1. The van der Waals surface area contributed by atoms with Gasteiger partial charge in [0.05, 0.1) is 12.6 Å². The number of aliphatic hydroxyl groups is 2. The zero-order chi connectivity index (χ0) is 19.7. The van der Waals surface area contributed by atoms with Gasteiger partial charge in [-0.3, -0.25) is 9.36 Å². The summed E-state index contributed by atoms with van der Waals surface area (Å²) in [7, 11) is -0.235. The van der Waals surface area contributed by atoms with Gasteiger partial charge in [0.1, 0.15) is 47.7 Å². The quantitative estimate of drug-likeness (QED) is 0.257. The molecule has 2 aromatic rings. The first kappa shape index (κ1) is 19.8. The first-order valence-electron chi connectivity index (χ1n) is 8.31. The number of fused-ring (bicyclic) bond motifs is 1. The molecule has 0 saturated carbocycles. The van der Waals surface area contributed by atoms with Gasteiger partial charge < -0.3 is 31.5 Å². The zero-order valence-corrected chi connectivity index (χ0v) is 15.5. The van der Waals surface area contributed by atoms with Crippen molar-refractivity contribution >= 4 is 33.8 Å². The number of aliphatic hydroxyl groups excluding tert-OH is 2. The summed E-state index contributed by atoms with van der Waals surface area (Å²) >= 11 is 0. The van der Waals surface area contributed by atoms with Gasteiger partial charge in [-0.1, -0.05) is 0 Å². The minimum Gasteiger partial charge on any atom is -0.480 e. The number of ether oxygens (including phenoxy) is 1. The highest BCUT2D eigenvalue weighted by Crippen LogP contribution is 2.32. The summed E-state index contributed by atoms with van der Waals surface area (Å²) in [6.07, 6.45) is 1.31. The topological polar surface area (TPSA) is 183 Å². The lowest BCUT2D eigenvalue weighted by atomic mass is 10.2. The van der Waals surface area contributed by atoms with Crippen LogP contribution in [0.3, 0.4) is 0 Å². The van der Waals surface area contributed by atoms with Crippen LogP contribution >= 0.6 is 0 Å². The highest BCUT2D eigenvalue weighted by atomic mass is 32.2. The van der Waals surface area contributed by atoms with Crippen molar-refractivity contribution in [2.45, 2.75) is 37.0 Å². The number of nitrogens with zero attached hydrogens (tertiary/aromatic N) is 4. The normalized spacial score (nSPS) is 27.7. The summed E-state index contributed by atoms with van der Waals surface area (Å²) in [4.78, 5) is 23.0. The minimum atomic E-state index is -1.16. The lowest BCUT2D eigenvalue weighted by Crippen LogP contribution is -2.37.